The largest absolute Gasteiger partial charge is 0.453 e. The normalized spacial score (nSPS) is 21.4. The topological polar surface area (TPSA) is 110 Å². The first-order chi connectivity index (χ1) is 14.0. The van der Waals surface area contributed by atoms with Crippen LogP contribution < -0.4 is 5.32 Å². The quantitative estimate of drug-likeness (QED) is 0.830. The van der Waals surface area contributed by atoms with Gasteiger partial charge in [-0.05, 0) is 18.9 Å². The van der Waals surface area contributed by atoms with E-state index in [2.05, 4.69) is 20.5 Å². The predicted molar refractivity (Wildman–Crippen MR) is 93.9 cm³/mol. The maximum Gasteiger partial charge on any atom is 0.407 e. The van der Waals surface area contributed by atoms with Gasteiger partial charge in [-0.2, -0.15) is 8.78 Å². The number of methoxy groups -OCH3 is 1. The number of nitrogens with one attached hydrogen (secondary N) is 1. The van der Waals surface area contributed by atoms with Crippen LogP contribution in [0.3, 0.4) is 0 Å². The van der Waals surface area contributed by atoms with Gasteiger partial charge in [0.1, 0.15) is 0 Å². The third-order valence-corrected chi connectivity index (χ3v) is 5.27. The number of nitrogens with zero attached hydrogens (tertiary/aromatic N) is 4. The minimum atomic E-state index is -2.87. The number of pyridine rings is 1. The third-order valence-electron chi connectivity index (χ3n) is 5.27. The lowest BCUT2D eigenvalue weighted by molar-refractivity contribution is 0.0595. The monoisotopic (exact) mass is 407 g/mol. The Morgan fingerprint density at radius 3 is 2.86 bits per heavy atom. The lowest BCUT2D eigenvalue weighted by Crippen LogP contribution is -2.53. The fraction of sp³-hybridized carbons (Fsp3) is 0.500. The second kappa shape index (κ2) is 7.72. The van der Waals surface area contributed by atoms with Gasteiger partial charge in [0, 0.05) is 6.20 Å². The van der Waals surface area contributed by atoms with E-state index >= 15 is 0 Å². The number of alkyl halides is 2. The molecule has 0 radical (unpaired) electrons. The summed E-state index contributed by atoms with van der Waals surface area (Å²) in [6.45, 7) is 0.310. The number of hydrogen-bond acceptors (Lipinski definition) is 7. The first-order valence-corrected chi connectivity index (χ1v) is 9.24. The lowest BCUT2D eigenvalue weighted by Gasteiger charge is -2.37. The number of halogens is 2. The molecule has 154 valence electrons. The molecule has 2 atom stereocenters. The maximum absolute atomic E-state index is 13.0. The molecule has 29 heavy (non-hydrogen) atoms. The summed E-state index contributed by atoms with van der Waals surface area (Å²) in [7, 11) is 1.30. The van der Waals surface area contributed by atoms with E-state index in [-0.39, 0.29) is 23.9 Å². The van der Waals surface area contributed by atoms with Crippen molar-refractivity contribution in [3.63, 3.8) is 0 Å². The fourth-order valence-corrected chi connectivity index (χ4v) is 3.88. The highest BCUT2D eigenvalue weighted by molar-refractivity contribution is 5.99. The molecule has 2 aromatic rings. The number of aromatic nitrogens is 3. The van der Waals surface area contributed by atoms with Crippen molar-refractivity contribution in [2.45, 2.75) is 50.7 Å². The molecule has 1 saturated carbocycles. The van der Waals surface area contributed by atoms with E-state index in [1.165, 1.54) is 19.4 Å². The smallest absolute Gasteiger partial charge is 0.407 e. The van der Waals surface area contributed by atoms with Crippen LogP contribution in [0.5, 0.6) is 0 Å². The molecular weight excluding hydrogens is 388 g/mol. The number of carbonyl (C=O) groups is 2. The number of carbonyl (C=O) groups excluding carboxylic acids is 2. The molecule has 4 rings (SSSR count). The molecule has 1 N–H and O–H groups in total. The molecule has 0 saturated heterocycles. The van der Waals surface area contributed by atoms with Gasteiger partial charge in [-0.1, -0.05) is 12.8 Å². The molecule has 0 aromatic carbocycles. The number of ether oxygens (including phenoxy) is 1. The molecule has 3 heterocycles. The molecule has 2 aliphatic rings. The summed E-state index contributed by atoms with van der Waals surface area (Å²) in [5, 5.41) is 9.71. The number of amides is 2. The molecule has 2 amide bonds. The zero-order chi connectivity index (χ0) is 20.5. The Balaban J connectivity index is 1.57. The summed E-state index contributed by atoms with van der Waals surface area (Å²) in [6.07, 6.45) is 1.41. The van der Waals surface area contributed by atoms with E-state index in [1.807, 2.05) is 0 Å². The number of hydrogen-bond donors (Lipinski definition) is 1. The molecule has 9 nitrogen and oxygen atoms in total. The molecule has 0 unspecified atom stereocenters. The summed E-state index contributed by atoms with van der Waals surface area (Å²) in [5.41, 5.74) is 1.24. The van der Waals surface area contributed by atoms with Crippen molar-refractivity contribution >= 4 is 12.0 Å². The van der Waals surface area contributed by atoms with Gasteiger partial charge in [0.05, 0.1) is 42.6 Å². The Morgan fingerprint density at radius 1 is 1.34 bits per heavy atom. The van der Waals surface area contributed by atoms with Crippen molar-refractivity contribution in [1.29, 1.82) is 0 Å². The van der Waals surface area contributed by atoms with Crippen LogP contribution in [0.4, 0.5) is 13.6 Å². The Bertz CT molecular complexity index is 935. The van der Waals surface area contributed by atoms with Crippen molar-refractivity contribution in [3.05, 3.63) is 29.4 Å². The maximum atomic E-state index is 13.0. The van der Waals surface area contributed by atoms with Crippen molar-refractivity contribution in [2.75, 3.05) is 7.11 Å². The van der Waals surface area contributed by atoms with Gasteiger partial charge in [0.15, 0.2) is 0 Å². The van der Waals surface area contributed by atoms with E-state index in [4.69, 9.17) is 9.15 Å². The molecule has 0 bridgehead atoms. The Morgan fingerprint density at radius 2 is 2.14 bits per heavy atom. The van der Waals surface area contributed by atoms with Crippen LogP contribution in [0.2, 0.25) is 0 Å². The van der Waals surface area contributed by atoms with Crippen LogP contribution in [0.1, 0.15) is 54.1 Å². The number of rotatable bonds is 4. The van der Waals surface area contributed by atoms with Gasteiger partial charge >= 0.3 is 12.5 Å². The molecule has 11 heteroatoms. The Labute approximate surface area is 164 Å². The Kier molecular flexibility index (Phi) is 5.12. The van der Waals surface area contributed by atoms with E-state index in [9.17, 15) is 18.4 Å². The van der Waals surface area contributed by atoms with Crippen LogP contribution in [-0.4, -0.2) is 51.3 Å². The summed E-state index contributed by atoms with van der Waals surface area (Å²) in [5.74, 6) is -1.14. The van der Waals surface area contributed by atoms with Gasteiger partial charge in [-0.25, -0.2) is 4.79 Å². The first-order valence-electron chi connectivity index (χ1n) is 9.24. The zero-order valence-corrected chi connectivity index (χ0v) is 15.6. The second-order valence-corrected chi connectivity index (χ2v) is 6.99. The predicted octanol–water partition coefficient (Wildman–Crippen LogP) is 2.69. The standard InChI is InChI=1S/C18H19F2N5O4/c1-28-18(27)22-11-4-2-3-5-13(11)25-8-12-10(17(25)26)6-9(7-21-12)15-23-24-16(29-15)14(19)20/h6-7,11,13-14H,2-5,8H2,1H3,(H,22,27)/t11-,13-/m1/s1. The number of alkyl carbamates (subject to hydrolysis) is 1. The average molecular weight is 407 g/mol. The van der Waals surface area contributed by atoms with Gasteiger partial charge in [0.25, 0.3) is 11.8 Å². The minimum absolute atomic E-state index is 0.121. The van der Waals surface area contributed by atoms with Crippen LogP contribution in [-0.2, 0) is 11.3 Å². The summed E-state index contributed by atoms with van der Waals surface area (Å²) < 4.78 is 35.0. The van der Waals surface area contributed by atoms with Crippen LogP contribution in [0.25, 0.3) is 11.5 Å². The molecule has 0 spiro atoms. The third kappa shape index (κ3) is 3.64. The van der Waals surface area contributed by atoms with Crippen molar-refractivity contribution in [3.8, 4) is 11.5 Å². The van der Waals surface area contributed by atoms with Gasteiger partial charge in [0.2, 0.25) is 5.89 Å². The number of fused-ring (bicyclic) bond motifs is 1. The highest BCUT2D eigenvalue weighted by atomic mass is 19.3. The molecular formula is C18H19F2N5O4. The highest BCUT2D eigenvalue weighted by Crippen LogP contribution is 2.32. The zero-order valence-electron chi connectivity index (χ0n) is 15.6. The summed E-state index contributed by atoms with van der Waals surface area (Å²) in [4.78, 5) is 30.7. The van der Waals surface area contributed by atoms with Crippen molar-refractivity contribution in [2.24, 2.45) is 0 Å². The van der Waals surface area contributed by atoms with Gasteiger partial charge in [-0.15, -0.1) is 10.2 Å². The highest BCUT2D eigenvalue weighted by Gasteiger charge is 2.39. The molecule has 1 aliphatic heterocycles. The van der Waals surface area contributed by atoms with E-state index in [1.54, 1.807) is 4.90 Å². The minimum Gasteiger partial charge on any atom is -0.453 e. The van der Waals surface area contributed by atoms with Crippen LogP contribution in [0.15, 0.2) is 16.7 Å². The van der Waals surface area contributed by atoms with Gasteiger partial charge in [-0.3, -0.25) is 9.78 Å². The molecule has 2 aromatic heterocycles. The van der Waals surface area contributed by atoms with E-state index in [0.717, 1.165) is 25.7 Å². The van der Waals surface area contributed by atoms with E-state index in [0.29, 0.717) is 23.4 Å². The van der Waals surface area contributed by atoms with Gasteiger partial charge < -0.3 is 19.4 Å². The van der Waals surface area contributed by atoms with E-state index < -0.39 is 18.4 Å². The van der Waals surface area contributed by atoms with Crippen LogP contribution >= 0.6 is 0 Å². The molecule has 1 aliphatic carbocycles. The molecule has 1 fully saturated rings. The van der Waals surface area contributed by atoms with Crippen molar-refractivity contribution < 1.29 is 27.5 Å². The Hall–Kier alpha value is -3.11. The lowest BCUT2D eigenvalue weighted by atomic mass is 9.89. The first kappa shape index (κ1) is 19.2. The summed E-state index contributed by atoms with van der Waals surface area (Å²) >= 11 is 0. The SMILES string of the molecule is COC(=O)N[C@@H]1CCCC[C@H]1N1Cc2ncc(-c3nnc(C(F)F)o3)cc2C1=O. The fourth-order valence-electron chi connectivity index (χ4n) is 3.88. The second-order valence-electron chi connectivity index (χ2n) is 6.99. The summed E-state index contributed by atoms with van der Waals surface area (Å²) in [6, 6.07) is 1.14. The average Bonchev–Trinajstić information content (AvgIpc) is 3.34. The van der Waals surface area contributed by atoms with Crippen molar-refractivity contribution in [1.82, 2.24) is 25.4 Å². The van der Waals surface area contributed by atoms with Crippen LogP contribution in [0, 0.1) is 0 Å².